The van der Waals surface area contributed by atoms with Gasteiger partial charge in [0.1, 0.15) is 22.2 Å². The molecule has 0 aliphatic carbocycles. The molecule has 0 spiro atoms. The van der Waals surface area contributed by atoms with Crippen LogP contribution in [0.15, 0.2) is 59.6 Å². The van der Waals surface area contributed by atoms with Crippen molar-refractivity contribution in [3.05, 3.63) is 76.4 Å². The fourth-order valence-electron chi connectivity index (χ4n) is 3.58. The van der Waals surface area contributed by atoms with E-state index in [2.05, 4.69) is 9.88 Å². The van der Waals surface area contributed by atoms with Crippen molar-refractivity contribution >= 4 is 27.9 Å². The third-order valence-corrected chi connectivity index (χ3v) is 6.31. The van der Waals surface area contributed by atoms with Crippen LogP contribution in [0.5, 0.6) is 11.5 Å². The van der Waals surface area contributed by atoms with Gasteiger partial charge in [-0.25, -0.2) is 4.98 Å². The summed E-state index contributed by atoms with van der Waals surface area (Å²) in [6.07, 6.45) is 0.792. The number of aliphatic hydroxyl groups is 1. The molecule has 1 aromatic heterocycles. The van der Waals surface area contributed by atoms with Crippen LogP contribution in [0.1, 0.15) is 43.5 Å². The number of ketones is 1. The largest absolute Gasteiger partial charge is 0.505 e. The monoisotopic (exact) mass is 466 g/mol. The van der Waals surface area contributed by atoms with E-state index in [4.69, 9.17) is 9.47 Å². The highest BCUT2D eigenvalue weighted by atomic mass is 32.1. The van der Waals surface area contributed by atoms with E-state index < -0.39 is 0 Å². The second-order valence-electron chi connectivity index (χ2n) is 7.52. The molecule has 6 nitrogen and oxygen atoms in total. The van der Waals surface area contributed by atoms with E-state index in [0.29, 0.717) is 37.2 Å². The standard InChI is InChI=1S/C26H30N2O4S/c1-5-22(23(29)6-2)25(30)24-26(33-17-27-24)28(15-18-7-11-20(31-3)12-8-18)16-19-9-13-21(32-4)14-10-19/h7-14,17,30H,5-6,15-16H2,1-4H3/b25-22+. The Morgan fingerprint density at radius 3 is 1.85 bits per heavy atom. The summed E-state index contributed by atoms with van der Waals surface area (Å²) in [6.45, 7) is 4.87. The number of methoxy groups -OCH3 is 2. The topological polar surface area (TPSA) is 71.9 Å². The summed E-state index contributed by atoms with van der Waals surface area (Å²) in [5.41, 5.74) is 4.75. The number of nitrogens with zero attached hydrogens (tertiary/aromatic N) is 2. The third kappa shape index (κ3) is 5.93. The molecular formula is C26H30N2O4S. The molecule has 3 aromatic rings. The number of aliphatic hydroxyl groups excluding tert-OH is 1. The van der Waals surface area contributed by atoms with Crippen molar-refractivity contribution in [1.29, 1.82) is 0 Å². The average molecular weight is 467 g/mol. The van der Waals surface area contributed by atoms with Gasteiger partial charge in [0.25, 0.3) is 0 Å². The lowest BCUT2D eigenvalue weighted by molar-refractivity contribution is -0.115. The maximum Gasteiger partial charge on any atom is 0.162 e. The van der Waals surface area contributed by atoms with Gasteiger partial charge >= 0.3 is 0 Å². The highest BCUT2D eigenvalue weighted by Crippen LogP contribution is 2.34. The van der Waals surface area contributed by atoms with E-state index in [1.165, 1.54) is 11.3 Å². The molecule has 0 bridgehead atoms. The molecule has 0 aliphatic rings. The first-order valence-corrected chi connectivity index (χ1v) is 11.8. The minimum atomic E-state index is -0.0641. The van der Waals surface area contributed by atoms with Gasteiger partial charge in [-0.1, -0.05) is 38.1 Å². The Bertz CT molecular complexity index is 1040. The van der Waals surface area contributed by atoms with Gasteiger partial charge in [-0.2, -0.15) is 0 Å². The molecule has 0 radical (unpaired) electrons. The highest BCUT2D eigenvalue weighted by molar-refractivity contribution is 7.14. The van der Waals surface area contributed by atoms with Crippen molar-refractivity contribution in [2.24, 2.45) is 0 Å². The molecule has 0 fully saturated rings. The van der Waals surface area contributed by atoms with E-state index in [9.17, 15) is 9.90 Å². The van der Waals surface area contributed by atoms with Gasteiger partial charge < -0.3 is 19.5 Å². The molecule has 2 aromatic carbocycles. The van der Waals surface area contributed by atoms with Crippen molar-refractivity contribution in [2.45, 2.75) is 39.8 Å². The number of hydrogen-bond donors (Lipinski definition) is 1. The van der Waals surface area contributed by atoms with Crippen molar-refractivity contribution in [1.82, 2.24) is 4.98 Å². The average Bonchev–Trinajstić information content (AvgIpc) is 3.34. The molecular weight excluding hydrogens is 436 g/mol. The van der Waals surface area contributed by atoms with Crippen molar-refractivity contribution < 1.29 is 19.4 Å². The van der Waals surface area contributed by atoms with Gasteiger partial charge in [0.15, 0.2) is 11.5 Å². The summed E-state index contributed by atoms with van der Waals surface area (Å²) in [4.78, 5) is 19.0. The van der Waals surface area contributed by atoms with Gasteiger partial charge in [0.2, 0.25) is 0 Å². The summed E-state index contributed by atoms with van der Waals surface area (Å²) in [7, 11) is 3.29. The normalized spacial score (nSPS) is 11.6. The van der Waals surface area contributed by atoms with Crippen molar-refractivity contribution in [3.8, 4) is 11.5 Å². The summed E-state index contributed by atoms with van der Waals surface area (Å²) in [6, 6.07) is 15.8. The second kappa shape index (κ2) is 11.5. The van der Waals surface area contributed by atoms with E-state index in [0.717, 1.165) is 27.6 Å². The molecule has 0 saturated heterocycles. The van der Waals surface area contributed by atoms with Crippen molar-refractivity contribution in [2.75, 3.05) is 19.1 Å². The number of carbonyl (C=O) groups is 1. The van der Waals surface area contributed by atoms with Crippen LogP contribution in [0.2, 0.25) is 0 Å². The Labute approximate surface area is 199 Å². The van der Waals surface area contributed by atoms with Crippen LogP contribution in [0.25, 0.3) is 5.76 Å². The van der Waals surface area contributed by atoms with Crippen LogP contribution in [0, 0.1) is 0 Å². The Morgan fingerprint density at radius 2 is 1.42 bits per heavy atom. The fraction of sp³-hybridized carbons (Fsp3) is 0.308. The summed E-state index contributed by atoms with van der Waals surface area (Å²) in [5.74, 6) is 1.50. The second-order valence-corrected chi connectivity index (χ2v) is 8.35. The van der Waals surface area contributed by atoms with E-state index in [1.54, 1.807) is 26.7 Å². The van der Waals surface area contributed by atoms with Crippen LogP contribution in [0.4, 0.5) is 5.00 Å². The predicted molar refractivity (Wildman–Crippen MR) is 133 cm³/mol. The maximum atomic E-state index is 12.4. The SMILES string of the molecule is CCC(=O)/C(CC)=C(/O)c1ncsc1N(Cc1ccc(OC)cc1)Cc1ccc(OC)cc1. The Balaban J connectivity index is 2.00. The Hall–Kier alpha value is -3.32. The lowest BCUT2D eigenvalue weighted by Gasteiger charge is -2.25. The summed E-state index contributed by atoms with van der Waals surface area (Å²) in [5, 5.41) is 11.8. The molecule has 3 rings (SSSR count). The zero-order valence-corrected chi connectivity index (χ0v) is 20.3. The van der Waals surface area contributed by atoms with Crippen LogP contribution < -0.4 is 14.4 Å². The number of thiazole rings is 1. The van der Waals surface area contributed by atoms with Gasteiger partial charge in [-0.3, -0.25) is 4.79 Å². The molecule has 174 valence electrons. The molecule has 7 heteroatoms. The maximum absolute atomic E-state index is 12.4. The van der Waals surface area contributed by atoms with Gasteiger partial charge in [-0.15, -0.1) is 11.3 Å². The number of Topliss-reactive ketones (excluding diaryl/α,β-unsaturated/α-hetero) is 1. The van der Waals surface area contributed by atoms with Crippen LogP contribution >= 0.6 is 11.3 Å². The van der Waals surface area contributed by atoms with Crippen LogP contribution in [-0.2, 0) is 17.9 Å². The third-order valence-electron chi connectivity index (χ3n) is 5.42. The number of hydrogen-bond acceptors (Lipinski definition) is 7. The van der Waals surface area contributed by atoms with Gasteiger partial charge in [-0.05, 0) is 41.8 Å². The first-order valence-electron chi connectivity index (χ1n) is 10.9. The molecule has 0 amide bonds. The molecule has 0 atom stereocenters. The minimum Gasteiger partial charge on any atom is -0.505 e. The zero-order valence-electron chi connectivity index (χ0n) is 19.5. The van der Waals surface area contributed by atoms with E-state index in [-0.39, 0.29) is 11.5 Å². The minimum absolute atomic E-state index is 0.0324. The number of benzene rings is 2. The van der Waals surface area contributed by atoms with E-state index in [1.807, 2.05) is 55.5 Å². The zero-order chi connectivity index (χ0) is 23.8. The Morgan fingerprint density at radius 1 is 0.909 bits per heavy atom. The fourth-order valence-corrected chi connectivity index (χ4v) is 4.38. The van der Waals surface area contributed by atoms with Crippen molar-refractivity contribution in [3.63, 3.8) is 0 Å². The highest BCUT2D eigenvalue weighted by Gasteiger charge is 2.22. The first-order chi connectivity index (χ1) is 16.0. The molecule has 0 unspecified atom stereocenters. The van der Waals surface area contributed by atoms with Gasteiger partial charge in [0, 0.05) is 25.1 Å². The van der Waals surface area contributed by atoms with E-state index >= 15 is 0 Å². The lowest BCUT2D eigenvalue weighted by Crippen LogP contribution is -2.22. The van der Waals surface area contributed by atoms with Gasteiger partial charge in [0.05, 0.1) is 19.7 Å². The molecule has 33 heavy (non-hydrogen) atoms. The number of anilines is 1. The molecule has 0 aliphatic heterocycles. The van der Waals surface area contributed by atoms with Crippen LogP contribution in [0.3, 0.4) is 0 Å². The summed E-state index contributed by atoms with van der Waals surface area (Å²) < 4.78 is 10.6. The number of ether oxygens (including phenoxy) is 2. The molecule has 0 saturated carbocycles. The summed E-state index contributed by atoms with van der Waals surface area (Å²) >= 11 is 1.45. The number of carbonyl (C=O) groups excluding carboxylic acids is 1. The molecule has 1 N–H and O–H groups in total. The quantitative estimate of drug-likeness (QED) is 0.275. The first kappa shape index (κ1) is 24.3. The van der Waals surface area contributed by atoms with Crippen LogP contribution in [-0.4, -0.2) is 30.1 Å². The predicted octanol–water partition coefficient (Wildman–Crippen LogP) is 6.03. The molecule has 1 heterocycles. The lowest BCUT2D eigenvalue weighted by atomic mass is 10.0. The Kier molecular flexibility index (Phi) is 8.49. The number of rotatable bonds is 11. The number of aromatic nitrogens is 1. The smallest absolute Gasteiger partial charge is 0.162 e. The number of allylic oxidation sites excluding steroid dienone is 1.